The minimum absolute atomic E-state index is 0.0664. The third-order valence-corrected chi connectivity index (χ3v) is 2.74. The fourth-order valence-electron chi connectivity index (χ4n) is 0.274. The summed E-state index contributed by atoms with van der Waals surface area (Å²) in [6, 6.07) is 0. The molecule has 0 rings (SSSR count). The van der Waals surface area contributed by atoms with Crippen molar-refractivity contribution in [3.63, 3.8) is 0 Å². The Hall–Kier alpha value is 0.540. The van der Waals surface area contributed by atoms with Crippen LogP contribution in [0.1, 0.15) is 20.3 Å². The SMILES string of the molecule is CC(O)(O)CS.CCC(S)(CO)CO. The molecule has 0 aliphatic rings. The second kappa shape index (κ2) is 7.78. The number of rotatable bonds is 4. The zero-order valence-electron chi connectivity index (χ0n) is 8.51. The van der Waals surface area contributed by atoms with Crippen LogP contribution in [0.5, 0.6) is 0 Å². The van der Waals surface area contributed by atoms with Crippen molar-refractivity contribution in [3.8, 4) is 0 Å². The molecule has 4 N–H and O–H groups in total. The highest BCUT2D eigenvalue weighted by Crippen LogP contribution is 2.15. The molecule has 0 saturated heterocycles. The molecule has 0 bridgehead atoms. The average molecular weight is 244 g/mol. The fraction of sp³-hybridized carbons (Fsp3) is 1.00. The van der Waals surface area contributed by atoms with Crippen LogP contribution in [0.2, 0.25) is 0 Å². The summed E-state index contributed by atoms with van der Waals surface area (Å²) in [5.41, 5.74) is 0. The Bertz CT molecular complexity index is 124. The molecule has 88 valence electrons. The smallest absolute Gasteiger partial charge is 0.168 e. The van der Waals surface area contributed by atoms with Gasteiger partial charge >= 0.3 is 0 Å². The van der Waals surface area contributed by atoms with Gasteiger partial charge in [0, 0.05) is 5.75 Å². The summed E-state index contributed by atoms with van der Waals surface area (Å²) in [6.07, 6.45) is 0.684. The minimum atomic E-state index is -1.59. The molecular weight excluding hydrogens is 224 g/mol. The first-order valence-corrected chi connectivity index (χ1v) is 5.32. The second-order valence-corrected chi connectivity index (χ2v) is 4.53. The van der Waals surface area contributed by atoms with Crippen molar-refractivity contribution in [1.29, 1.82) is 0 Å². The van der Waals surface area contributed by atoms with E-state index in [1.54, 1.807) is 0 Å². The molecular formula is C8H20O4S2. The van der Waals surface area contributed by atoms with Gasteiger partial charge in [-0.15, -0.1) is 0 Å². The highest BCUT2D eigenvalue weighted by molar-refractivity contribution is 7.81. The fourth-order valence-corrected chi connectivity index (χ4v) is 0.274. The maximum absolute atomic E-state index is 8.55. The molecule has 0 fully saturated rings. The van der Waals surface area contributed by atoms with Crippen molar-refractivity contribution < 1.29 is 20.4 Å². The monoisotopic (exact) mass is 244 g/mol. The summed E-state index contributed by atoms with van der Waals surface area (Å²) >= 11 is 7.62. The highest BCUT2D eigenvalue weighted by Gasteiger charge is 2.19. The lowest BCUT2D eigenvalue weighted by Gasteiger charge is -2.20. The van der Waals surface area contributed by atoms with Gasteiger partial charge in [-0.2, -0.15) is 25.3 Å². The predicted octanol–water partition coefficient (Wildman–Crippen LogP) is -0.333. The third-order valence-electron chi connectivity index (χ3n) is 1.55. The van der Waals surface area contributed by atoms with Gasteiger partial charge in [0.15, 0.2) is 5.79 Å². The van der Waals surface area contributed by atoms with Gasteiger partial charge in [-0.05, 0) is 13.3 Å². The van der Waals surface area contributed by atoms with Crippen LogP contribution in [0.15, 0.2) is 0 Å². The van der Waals surface area contributed by atoms with E-state index in [1.807, 2.05) is 6.92 Å². The van der Waals surface area contributed by atoms with E-state index < -0.39 is 10.5 Å². The number of thiol groups is 2. The molecule has 0 aromatic carbocycles. The van der Waals surface area contributed by atoms with Crippen LogP contribution in [0.25, 0.3) is 0 Å². The maximum Gasteiger partial charge on any atom is 0.168 e. The van der Waals surface area contributed by atoms with E-state index in [9.17, 15) is 0 Å². The molecule has 0 spiro atoms. The minimum Gasteiger partial charge on any atom is -0.395 e. The molecule has 0 amide bonds. The van der Waals surface area contributed by atoms with Gasteiger partial charge in [-0.25, -0.2) is 0 Å². The molecule has 0 aliphatic carbocycles. The van der Waals surface area contributed by atoms with Gasteiger partial charge in [0.25, 0.3) is 0 Å². The van der Waals surface area contributed by atoms with Crippen LogP contribution in [-0.2, 0) is 0 Å². The van der Waals surface area contributed by atoms with Crippen molar-refractivity contribution in [2.75, 3.05) is 19.0 Å². The number of hydrogen-bond acceptors (Lipinski definition) is 6. The van der Waals surface area contributed by atoms with E-state index in [-0.39, 0.29) is 19.0 Å². The van der Waals surface area contributed by atoms with Crippen molar-refractivity contribution in [3.05, 3.63) is 0 Å². The van der Waals surface area contributed by atoms with E-state index in [0.29, 0.717) is 6.42 Å². The first-order chi connectivity index (χ1) is 6.24. The summed E-state index contributed by atoms with van der Waals surface area (Å²) in [5.74, 6) is -1.52. The zero-order chi connectivity index (χ0) is 11.8. The van der Waals surface area contributed by atoms with Gasteiger partial charge in [0.2, 0.25) is 0 Å². The summed E-state index contributed by atoms with van der Waals surface area (Å²) in [7, 11) is 0. The number of aliphatic hydroxyl groups excluding tert-OH is 2. The summed E-state index contributed by atoms with van der Waals surface area (Å²) < 4.78 is -0.569. The number of hydrogen-bond donors (Lipinski definition) is 6. The standard InChI is InChI=1S/C5H12O2S.C3H8O2S/c1-2-5(8,3-6)4-7;1-3(4,5)2-6/h6-8H,2-4H2,1H3;4-6H,2H2,1H3. The lowest BCUT2D eigenvalue weighted by Crippen LogP contribution is -2.29. The van der Waals surface area contributed by atoms with E-state index in [2.05, 4.69) is 25.3 Å². The zero-order valence-corrected chi connectivity index (χ0v) is 10.3. The molecule has 4 nitrogen and oxygen atoms in total. The molecule has 0 aromatic rings. The van der Waals surface area contributed by atoms with Crippen molar-refractivity contribution in [2.24, 2.45) is 0 Å². The molecule has 0 radical (unpaired) electrons. The molecule has 0 aliphatic heterocycles. The Labute approximate surface area is 95.8 Å². The van der Waals surface area contributed by atoms with Gasteiger partial charge in [-0.1, -0.05) is 6.92 Å². The van der Waals surface area contributed by atoms with Crippen molar-refractivity contribution >= 4 is 25.3 Å². The van der Waals surface area contributed by atoms with Gasteiger partial charge in [0.05, 0.1) is 18.0 Å². The molecule has 0 unspecified atom stereocenters. The van der Waals surface area contributed by atoms with E-state index >= 15 is 0 Å². The van der Waals surface area contributed by atoms with Gasteiger partial charge in [0.1, 0.15) is 0 Å². The summed E-state index contributed by atoms with van der Waals surface area (Å²) in [4.78, 5) is 0. The van der Waals surface area contributed by atoms with Crippen molar-refractivity contribution in [2.45, 2.75) is 30.8 Å². The molecule has 0 atom stereocenters. The summed E-state index contributed by atoms with van der Waals surface area (Å²) in [5, 5.41) is 33.7. The second-order valence-electron chi connectivity index (χ2n) is 3.27. The molecule has 14 heavy (non-hydrogen) atoms. The van der Waals surface area contributed by atoms with Crippen molar-refractivity contribution in [1.82, 2.24) is 0 Å². The van der Waals surface area contributed by atoms with Crippen LogP contribution < -0.4 is 0 Å². The average Bonchev–Trinajstić information content (AvgIpc) is 2.16. The third kappa shape index (κ3) is 10.6. The lowest BCUT2D eigenvalue weighted by atomic mass is 10.1. The Morgan fingerprint density at radius 1 is 1.14 bits per heavy atom. The van der Waals surface area contributed by atoms with E-state index in [0.717, 1.165) is 0 Å². The molecule has 0 aromatic heterocycles. The predicted molar refractivity (Wildman–Crippen MR) is 62.9 cm³/mol. The van der Waals surface area contributed by atoms with Crippen LogP contribution in [-0.4, -0.2) is 49.9 Å². The highest BCUT2D eigenvalue weighted by atomic mass is 32.1. The van der Waals surface area contributed by atoms with Crippen LogP contribution in [0, 0.1) is 0 Å². The Kier molecular flexibility index (Phi) is 9.42. The van der Waals surface area contributed by atoms with Gasteiger partial charge < -0.3 is 20.4 Å². The topological polar surface area (TPSA) is 80.9 Å². The first-order valence-electron chi connectivity index (χ1n) is 4.24. The molecule has 0 saturated carbocycles. The van der Waals surface area contributed by atoms with Crippen LogP contribution in [0.4, 0.5) is 0 Å². The quantitative estimate of drug-likeness (QED) is 0.302. The normalized spacial score (nSPS) is 12.0. The van der Waals surface area contributed by atoms with Crippen LogP contribution in [0.3, 0.4) is 0 Å². The first kappa shape index (κ1) is 17.0. The van der Waals surface area contributed by atoms with Crippen LogP contribution >= 0.6 is 25.3 Å². The molecule has 6 heteroatoms. The van der Waals surface area contributed by atoms with E-state index in [1.165, 1.54) is 6.92 Å². The Morgan fingerprint density at radius 3 is 1.43 bits per heavy atom. The number of aliphatic hydroxyl groups is 4. The lowest BCUT2D eigenvalue weighted by molar-refractivity contribution is -0.122. The Balaban J connectivity index is 0. The van der Waals surface area contributed by atoms with E-state index in [4.69, 9.17) is 20.4 Å². The largest absolute Gasteiger partial charge is 0.395 e. The Morgan fingerprint density at radius 2 is 1.43 bits per heavy atom. The summed E-state index contributed by atoms with van der Waals surface area (Å²) in [6.45, 7) is 3.02. The maximum atomic E-state index is 8.55. The molecule has 0 heterocycles. The van der Waals surface area contributed by atoms with Gasteiger partial charge in [-0.3, -0.25) is 0 Å².